The topological polar surface area (TPSA) is 69.6 Å². The number of nitrogens with one attached hydrogen (secondary N) is 1. The molecule has 0 aliphatic rings. The Labute approximate surface area is 300 Å². The fourth-order valence-electron chi connectivity index (χ4n) is 6.33. The Kier molecular flexibility index (Phi) is 38.9. The Morgan fingerprint density at radius 3 is 1.21 bits per heavy atom. The van der Waals surface area contributed by atoms with Gasteiger partial charge in [-0.25, -0.2) is 0 Å². The van der Waals surface area contributed by atoms with E-state index in [0.29, 0.717) is 6.42 Å². The van der Waals surface area contributed by atoms with E-state index in [1.54, 1.807) is 6.08 Å². The Bertz CT molecular complexity index is 731. The predicted octanol–water partition coefficient (Wildman–Crippen LogP) is 13.0. The Morgan fingerprint density at radius 2 is 0.812 bits per heavy atom. The fourth-order valence-corrected chi connectivity index (χ4v) is 6.33. The van der Waals surface area contributed by atoms with E-state index < -0.39 is 12.1 Å². The van der Waals surface area contributed by atoms with Crippen LogP contribution in [0.1, 0.15) is 219 Å². The van der Waals surface area contributed by atoms with Gasteiger partial charge in [-0.2, -0.15) is 0 Å². The predicted molar refractivity (Wildman–Crippen MR) is 212 cm³/mol. The van der Waals surface area contributed by atoms with Crippen LogP contribution in [0.2, 0.25) is 0 Å². The molecule has 0 aromatic rings. The van der Waals surface area contributed by atoms with E-state index in [9.17, 15) is 15.0 Å². The van der Waals surface area contributed by atoms with Gasteiger partial charge in [-0.3, -0.25) is 4.79 Å². The molecule has 0 fully saturated rings. The van der Waals surface area contributed by atoms with E-state index in [4.69, 9.17) is 0 Å². The van der Waals surface area contributed by atoms with Gasteiger partial charge in [0.1, 0.15) is 0 Å². The summed E-state index contributed by atoms with van der Waals surface area (Å²) in [4.78, 5) is 11.9. The van der Waals surface area contributed by atoms with Crippen molar-refractivity contribution in [2.45, 2.75) is 231 Å². The van der Waals surface area contributed by atoms with Gasteiger partial charge >= 0.3 is 0 Å². The summed E-state index contributed by atoms with van der Waals surface area (Å²) >= 11 is 0. The maximum absolute atomic E-state index is 11.9. The van der Waals surface area contributed by atoms with E-state index in [1.165, 1.54) is 154 Å². The molecule has 0 aromatic heterocycles. The molecule has 4 heteroatoms. The first-order valence-corrected chi connectivity index (χ1v) is 21.2. The second-order valence-electron chi connectivity index (χ2n) is 14.4. The first-order valence-electron chi connectivity index (χ1n) is 21.2. The van der Waals surface area contributed by atoms with E-state index >= 15 is 0 Å². The number of aliphatic hydroxyl groups excluding tert-OH is 2. The number of carbonyl (C=O) groups is 1. The smallest absolute Gasteiger partial charge is 0.220 e. The minimum atomic E-state index is -0.863. The Morgan fingerprint density at radius 1 is 0.479 bits per heavy atom. The first-order chi connectivity index (χ1) is 23.7. The summed E-state index contributed by atoms with van der Waals surface area (Å²) in [5, 5.41) is 22.5. The molecule has 0 saturated heterocycles. The zero-order chi connectivity index (χ0) is 35.0. The van der Waals surface area contributed by atoms with Crippen LogP contribution in [0.15, 0.2) is 36.5 Å². The zero-order valence-electron chi connectivity index (χ0n) is 32.3. The van der Waals surface area contributed by atoms with Crippen molar-refractivity contribution in [2.24, 2.45) is 0 Å². The summed E-state index contributed by atoms with van der Waals surface area (Å²) < 4.78 is 0. The molecule has 282 valence electrons. The molecular weight excluding hydrogens is 590 g/mol. The van der Waals surface area contributed by atoms with Gasteiger partial charge in [0, 0.05) is 6.42 Å². The summed E-state index contributed by atoms with van der Waals surface area (Å²) in [7, 11) is 0. The van der Waals surface area contributed by atoms with Crippen molar-refractivity contribution in [1.29, 1.82) is 0 Å². The molecular formula is C44H83NO3. The number of hydrogen-bond acceptors (Lipinski definition) is 3. The molecule has 2 atom stereocenters. The molecule has 2 unspecified atom stereocenters. The van der Waals surface area contributed by atoms with Gasteiger partial charge in [-0.15, -0.1) is 0 Å². The van der Waals surface area contributed by atoms with Crippen LogP contribution >= 0.6 is 0 Å². The first kappa shape index (κ1) is 46.6. The highest BCUT2D eigenvalue weighted by Gasteiger charge is 2.17. The lowest BCUT2D eigenvalue weighted by Gasteiger charge is -2.19. The van der Waals surface area contributed by atoms with Crippen molar-refractivity contribution < 1.29 is 15.0 Å². The lowest BCUT2D eigenvalue weighted by molar-refractivity contribution is -0.123. The van der Waals surface area contributed by atoms with Crippen molar-refractivity contribution in [3.8, 4) is 0 Å². The van der Waals surface area contributed by atoms with Gasteiger partial charge in [-0.1, -0.05) is 204 Å². The van der Waals surface area contributed by atoms with Gasteiger partial charge in [0.25, 0.3) is 0 Å². The van der Waals surface area contributed by atoms with Crippen LogP contribution in [0.4, 0.5) is 0 Å². The molecule has 0 spiro atoms. The molecule has 0 rings (SSSR count). The Hall–Kier alpha value is -1.39. The van der Waals surface area contributed by atoms with E-state index in [0.717, 1.165) is 44.9 Å². The SMILES string of the molecule is CCCCCCCCCCCCCCCCCCCCCCCCC/C=C/CC/C=C/CC/C=C/C(O)C(CO)NC(=O)CCCCC. The van der Waals surface area contributed by atoms with Gasteiger partial charge in [-0.05, 0) is 44.9 Å². The summed E-state index contributed by atoms with van der Waals surface area (Å²) in [5.41, 5.74) is 0. The van der Waals surface area contributed by atoms with Crippen LogP contribution in [0.3, 0.4) is 0 Å². The highest BCUT2D eigenvalue weighted by molar-refractivity contribution is 5.76. The highest BCUT2D eigenvalue weighted by atomic mass is 16.3. The number of allylic oxidation sites excluding steroid dienone is 5. The van der Waals surface area contributed by atoms with Gasteiger partial charge < -0.3 is 15.5 Å². The fraction of sp³-hybridized carbons (Fsp3) is 0.841. The molecule has 0 saturated carbocycles. The van der Waals surface area contributed by atoms with Gasteiger partial charge in [0.05, 0.1) is 18.8 Å². The molecule has 48 heavy (non-hydrogen) atoms. The number of rotatable bonds is 38. The third kappa shape index (κ3) is 35.9. The summed E-state index contributed by atoms with van der Waals surface area (Å²) in [6.45, 7) is 4.13. The molecule has 0 radical (unpaired) electrons. The minimum absolute atomic E-state index is 0.104. The molecule has 0 heterocycles. The second-order valence-corrected chi connectivity index (χ2v) is 14.4. The van der Waals surface area contributed by atoms with Crippen LogP contribution in [-0.4, -0.2) is 34.9 Å². The largest absolute Gasteiger partial charge is 0.394 e. The molecule has 0 aliphatic carbocycles. The third-order valence-electron chi connectivity index (χ3n) is 9.60. The van der Waals surface area contributed by atoms with Crippen molar-refractivity contribution in [3.05, 3.63) is 36.5 Å². The second kappa shape index (κ2) is 40.0. The average Bonchev–Trinajstić information content (AvgIpc) is 3.09. The van der Waals surface area contributed by atoms with E-state index in [-0.39, 0.29) is 12.5 Å². The lowest BCUT2D eigenvalue weighted by Crippen LogP contribution is -2.45. The quantitative estimate of drug-likeness (QED) is 0.0451. The standard InChI is InChI=1S/C44H83NO3/c1-3-5-7-8-9-10-11-12-13-14-15-16-17-18-19-20-21-22-23-24-25-26-27-28-29-30-31-32-33-34-35-36-38-39-43(47)42(41-46)45-44(48)40-37-6-4-2/h29-30,33-34,38-39,42-43,46-47H,3-28,31-32,35-37,40-41H2,1-2H3,(H,45,48)/b30-29+,34-33+,39-38+. The monoisotopic (exact) mass is 674 g/mol. The van der Waals surface area contributed by atoms with Crippen LogP contribution in [0.25, 0.3) is 0 Å². The third-order valence-corrected chi connectivity index (χ3v) is 9.60. The van der Waals surface area contributed by atoms with Crippen molar-refractivity contribution in [1.82, 2.24) is 5.32 Å². The van der Waals surface area contributed by atoms with Crippen LogP contribution in [0, 0.1) is 0 Å². The maximum atomic E-state index is 11.9. The van der Waals surface area contributed by atoms with Gasteiger partial charge in [0.2, 0.25) is 5.91 Å². The number of unbranched alkanes of at least 4 members (excludes halogenated alkanes) is 27. The molecule has 0 bridgehead atoms. The molecule has 0 aliphatic heterocycles. The van der Waals surface area contributed by atoms with Crippen molar-refractivity contribution in [2.75, 3.05) is 6.61 Å². The highest BCUT2D eigenvalue weighted by Crippen LogP contribution is 2.16. The molecule has 3 N–H and O–H groups in total. The minimum Gasteiger partial charge on any atom is -0.394 e. The van der Waals surface area contributed by atoms with Crippen LogP contribution in [0.5, 0.6) is 0 Å². The van der Waals surface area contributed by atoms with Gasteiger partial charge in [0.15, 0.2) is 0 Å². The summed E-state index contributed by atoms with van der Waals surface area (Å²) in [6.07, 6.45) is 53.5. The summed E-state index contributed by atoms with van der Waals surface area (Å²) in [5.74, 6) is -0.104. The number of amides is 1. The number of hydrogen-bond donors (Lipinski definition) is 3. The Balaban J connectivity index is 3.40. The maximum Gasteiger partial charge on any atom is 0.220 e. The lowest BCUT2D eigenvalue weighted by atomic mass is 10.0. The normalized spacial score (nSPS) is 13.3. The zero-order valence-corrected chi connectivity index (χ0v) is 32.3. The average molecular weight is 674 g/mol. The number of carbonyl (C=O) groups excluding carboxylic acids is 1. The van der Waals surface area contributed by atoms with Crippen molar-refractivity contribution in [3.63, 3.8) is 0 Å². The molecule has 4 nitrogen and oxygen atoms in total. The van der Waals surface area contributed by atoms with E-state index in [1.807, 2.05) is 6.08 Å². The molecule has 1 amide bonds. The van der Waals surface area contributed by atoms with Crippen LogP contribution in [-0.2, 0) is 4.79 Å². The van der Waals surface area contributed by atoms with Crippen LogP contribution < -0.4 is 5.32 Å². The molecule has 0 aromatic carbocycles. The van der Waals surface area contributed by atoms with Crippen molar-refractivity contribution >= 4 is 5.91 Å². The number of aliphatic hydroxyl groups is 2. The van der Waals surface area contributed by atoms with E-state index in [2.05, 4.69) is 43.5 Å². The summed E-state index contributed by atoms with van der Waals surface area (Å²) in [6, 6.07) is -0.638.